The van der Waals surface area contributed by atoms with Gasteiger partial charge >= 0.3 is 9.05 Å². The molecular formula is C56H120O13Si7. The number of ether oxygens (including phenoxy) is 2. The lowest BCUT2D eigenvalue weighted by Gasteiger charge is -2.47. The van der Waals surface area contributed by atoms with E-state index in [4.69, 9.17) is 30.0 Å². The van der Waals surface area contributed by atoms with Gasteiger partial charge in [-0.15, -0.1) is 0 Å². The smallest absolute Gasteiger partial charge is 0.455 e. The Bertz CT molecular complexity index is 1590. The minimum atomic E-state index is -3.19. The van der Waals surface area contributed by atoms with Crippen molar-refractivity contribution < 1.29 is 60.7 Å². The summed E-state index contributed by atoms with van der Waals surface area (Å²) in [6.45, 7) is 33.9. The molecule has 0 aromatic carbocycles. The number of hydrogen-bond donors (Lipinski definition) is 6. The van der Waals surface area contributed by atoms with Crippen LogP contribution in [0.5, 0.6) is 0 Å². The molecular weight excluding hydrogens is 1080 g/mol. The van der Waals surface area contributed by atoms with E-state index in [1.807, 2.05) is 0 Å². The first-order valence-corrected chi connectivity index (χ1v) is 48.9. The summed E-state index contributed by atoms with van der Waals surface area (Å²) in [4.78, 5) is 0. The highest BCUT2D eigenvalue weighted by molar-refractivity contribution is 6.87. The molecule has 0 aromatic heterocycles. The van der Waals surface area contributed by atoms with Gasteiger partial charge in [0.2, 0.25) is 0 Å². The van der Waals surface area contributed by atoms with Crippen LogP contribution >= 0.6 is 0 Å². The Hall–Kier alpha value is 0.998. The average molecular weight is 1200 g/mol. The van der Waals surface area contributed by atoms with E-state index in [9.17, 15) is 30.6 Å². The van der Waals surface area contributed by atoms with Crippen LogP contribution in [-0.2, 0) is 30.0 Å². The van der Waals surface area contributed by atoms with Crippen molar-refractivity contribution >= 4 is 61.8 Å². The van der Waals surface area contributed by atoms with Crippen molar-refractivity contribution in [3.8, 4) is 0 Å². The molecule has 18 unspecified atom stereocenters. The number of methoxy groups -OCH3 is 1. The quantitative estimate of drug-likeness (QED) is 0.0597. The lowest BCUT2D eigenvalue weighted by atomic mass is 9.81. The van der Waals surface area contributed by atoms with E-state index in [0.29, 0.717) is 46.6 Å². The molecule has 13 nitrogen and oxygen atoms in total. The summed E-state index contributed by atoms with van der Waals surface area (Å²) in [7, 11) is -10.9. The van der Waals surface area contributed by atoms with E-state index in [1.54, 1.807) is 7.11 Å². The number of rotatable bonds is 21. The molecule has 76 heavy (non-hydrogen) atoms. The van der Waals surface area contributed by atoms with Crippen LogP contribution in [0.1, 0.15) is 163 Å². The average Bonchev–Trinajstić information content (AvgIpc) is 3.32. The third-order valence-corrected chi connectivity index (χ3v) is 43.0. The Labute approximate surface area is 475 Å². The summed E-state index contributed by atoms with van der Waals surface area (Å²) in [6.07, 6.45) is 18.2. The van der Waals surface area contributed by atoms with Crippen LogP contribution in [0.3, 0.4) is 0 Å². The Morgan fingerprint density at radius 1 is 0.408 bits per heavy atom. The van der Waals surface area contributed by atoms with Gasteiger partial charge in [-0.2, -0.15) is 0 Å². The van der Waals surface area contributed by atoms with Crippen LogP contribution in [0.15, 0.2) is 0 Å². The summed E-state index contributed by atoms with van der Waals surface area (Å²) >= 11 is 0. The molecule has 0 radical (unpaired) electrons. The fraction of sp³-hybridized carbons (Fsp3) is 1.00. The number of aliphatic hydroxyl groups is 6. The first-order chi connectivity index (χ1) is 35.4. The van der Waals surface area contributed by atoms with Crippen LogP contribution in [-0.4, -0.2) is 155 Å². The lowest BCUT2D eigenvalue weighted by Crippen LogP contribution is -2.63. The molecule has 18 atom stereocenters. The molecule has 0 spiro atoms. The lowest BCUT2D eigenvalue weighted by molar-refractivity contribution is -0.150. The van der Waals surface area contributed by atoms with Crippen molar-refractivity contribution in [1.29, 1.82) is 0 Å². The van der Waals surface area contributed by atoms with E-state index >= 15 is 0 Å². The third kappa shape index (κ3) is 22.5. The highest BCUT2D eigenvalue weighted by Crippen LogP contribution is 2.45. The largest absolute Gasteiger partial charge is 0.636 e. The minimum Gasteiger partial charge on any atom is -0.455 e. The van der Waals surface area contributed by atoms with Gasteiger partial charge in [0.15, 0.2) is 52.8 Å². The molecule has 0 bridgehead atoms. The summed E-state index contributed by atoms with van der Waals surface area (Å²) in [5.41, 5.74) is 0.973. The standard InChI is InChI=1S/C28H56O6Si2.C20H48O6Si5.C8H16O/c1-20-7-10-23(29)27(17-20)33-28-19-22(8-11-24(28)30)14-16-36(5,6)34-35(3,4)15-13-21-9-12-26(32-2)25(31)18-21;1-15-13-17(9-11-19(15)21)29(5,6)25-31(23-27-3,24-28-4)26-30(7,8)18-10-12-20(22)16(2)14-18;1-6-3-4-8(9)7(2)5-6/h20-31H,7-19H2,1-6H3;15-22H,9-14,27-28H2,1-8H3;6-9H,3-5H2,1-2H3. The molecule has 0 saturated heterocycles. The van der Waals surface area contributed by atoms with Crippen LogP contribution < -0.4 is 0 Å². The molecule has 450 valence electrons. The van der Waals surface area contributed by atoms with Crippen molar-refractivity contribution in [3.05, 3.63) is 0 Å². The van der Waals surface area contributed by atoms with Crippen molar-refractivity contribution in [2.45, 2.75) is 307 Å². The van der Waals surface area contributed by atoms with E-state index in [0.717, 1.165) is 134 Å². The van der Waals surface area contributed by atoms with Gasteiger partial charge in [-0.3, -0.25) is 0 Å². The van der Waals surface area contributed by atoms with E-state index in [2.05, 4.69) is 100 Å². The van der Waals surface area contributed by atoms with Gasteiger partial charge in [-0.25, -0.2) is 0 Å². The number of aliphatic hydroxyl groups excluding tert-OH is 6. The van der Waals surface area contributed by atoms with Gasteiger partial charge in [0, 0.05) is 7.11 Å². The van der Waals surface area contributed by atoms with E-state index in [-0.39, 0.29) is 48.8 Å². The summed E-state index contributed by atoms with van der Waals surface area (Å²) in [5, 5.41) is 61.1. The highest BCUT2D eigenvalue weighted by atomic mass is 28.5. The first kappa shape index (κ1) is 69.5. The second-order valence-electron chi connectivity index (χ2n) is 28.0. The van der Waals surface area contributed by atoms with Crippen molar-refractivity contribution in [2.75, 3.05) is 7.11 Å². The minimum absolute atomic E-state index is 0.0105. The summed E-state index contributed by atoms with van der Waals surface area (Å²) in [6, 6.07) is 2.31. The molecule has 0 aliphatic heterocycles. The Balaban J connectivity index is 0.000000284. The molecule has 0 amide bonds. The fourth-order valence-corrected chi connectivity index (χ4v) is 40.6. The zero-order valence-corrected chi connectivity index (χ0v) is 59.2. The fourth-order valence-electron chi connectivity index (χ4n) is 14.0. The van der Waals surface area contributed by atoms with Crippen LogP contribution in [0.4, 0.5) is 0 Å². The molecule has 6 N–H and O–H groups in total. The second-order valence-corrected chi connectivity index (χ2v) is 51.0. The van der Waals surface area contributed by atoms with Crippen molar-refractivity contribution in [1.82, 2.24) is 0 Å². The normalized spacial score (nSPS) is 38.3. The van der Waals surface area contributed by atoms with Crippen LogP contribution in [0, 0.1) is 41.4 Å². The molecule has 0 heterocycles. The molecule has 6 rings (SSSR count). The molecule has 0 aromatic rings. The zero-order valence-electron chi connectivity index (χ0n) is 51.4. The third-order valence-electron chi connectivity index (χ3n) is 19.3. The maximum Gasteiger partial charge on any atom is 0.636 e. The van der Waals surface area contributed by atoms with Gasteiger partial charge in [0.05, 0.1) is 54.9 Å². The molecule has 6 saturated carbocycles. The predicted molar refractivity (Wildman–Crippen MR) is 328 cm³/mol. The molecule has 6 aliphatic rings. The molecule has 6 aliphatic carbocycles. The monoisotopic (exact) mass is 1200 g/mol. The maximum absolute atomic E-state index is 10.6. The summed E-state index contributed by atoms with van der Waals surface area (Å²) in [5.74, 6) is 3.73. The van der Waals surface area contributed by atoms with Gasteiger partial charge in [-0.1, -0.05) is 60.6 Å². The predicted octanol–water partition coefficient (Wildman–Crippen LogP) is 10.5. The molecule has 20 heteroatoms. The zero-order chi connectivity index (χ0) is 56.8. The van der Waals surface area contributed by atoms with Crippen molar-refractivity contribution in [2.24, 2.45) is 41.4 Å². The SMILES string of the molecule is CC1CCC(O)C(C)C1.COC1CCC(CC[Si](C)(C)O[Si](C)(C)CCC2CCC(O)C(OC3CC(C)CCC3O)C2)CC1O.C[SiH2]O[Si](O[SiH2]C)(O[Si](C)(C)C1CCC(O)C(C)C1)O[Si](C)(C)C1CCC(O)C(C)C1. The van der Waals surface area contributed by atoms with E-state index < -0.39 is 67.9 Å². The van der Waals surface area contributed by atoms with Gasteiger partial charge in [-0.05, 0) is 233 Å². The highest BCUT2D eigenvalue weighted by Gasteiger charge is 2.56. The second kappa shape index (κ2) is 31.8. The Morgan fingerprint density at radius 3 is 1.22 bits per heavy atom. The first-order valence-electron chi connectivity index (χ1n) is 31.1. The van der Waals surface area contributed by atoms with Gasteiger partial charge < -0.3 is 60.7 Å². The van der Waals surface area contributed by atoms with Crippen LogP contribution in [0.2, 0.25) is 88.6 Å². The maximum atomic E-state index is 10.6. The van der Waals surface area contributed by atoms with Crippen LogP contribution in [0.25, 0.3) is 0 Å². The topological polar surface area (TPSA) is 186 Å². The van der Waals surface area contributed by atoms with Crippen molar-refractivity contribution in [3.63, 3.8) is 0 Å². The Morgan fingerprint density at radius 2 is 0.803 bits per heavy atom. The molecule has 6 fully saturated rings. The summed E-state index contributed by atoms with van der Waals surface area (Å²) < 4.78 is 45.5. The Kier molecular flexibility index (Phi) is 29.0. The van der Waals surface area contributed by atoms with Gasteiger partial charge in [0.1, 0.15) is 0 Å². The number of hydrogen-bond acceptors (Lipinski definition) is 13. The van der Waals surface area contributed by atoms with E-state index in [1.165, 1.54) is 12.8 Å². The van der Waals surface area contributed by atoms with Gasteiger partial charge in [0.25, 0.3) is 0 Å².